The maximum atomic E-state index is 4.44. The number of anilines is 1. The van der Waals surface area contributed by atoms with Gasteiger partial charge in [0.15, 0.2) is 0 Å². The SMILES string of the molecule is C=C(N[C@H](C)c1cccc(-c2nccs2)c1)c1cc(N2CCN(C)CC2)ccc1C. The first-order chi connectivity index (χ1) is 14.5. The summed E-state index contributed by atoms with van der Waals surface area (Å²) in [5.41, 5.74) is 7.08. The van der Waals surface area contributed by atoms with E-state index in [0.717, 1.165) is 42.4 Å². The quantitative estimate of drug-likeness (QED) is 0.597. The average molecular weight is 419 g/mol. The van der Waals surface area contributed by atoms with Gasteiger partial charge in [-0.3, -0.25) is 0 Å². The molecule has 2 heterocycles. The summed E-state index contributed by atoms with van der Waals surface area (Å²) in [7, 11) is 2.19. The topological polar surface area (TPSA) is 31.4 Å². The highest BCUT2D eigenvalue weighted by Crippen LogP contribution is 2.28. The van der Waals surface area contributed by atoms with Crippen molar-refractivity contribution < 1.29 is 0 Å². The van der Waals surface area contributed by atoms with Crippen LogP contribution in [0.4, 0.5) is 5.69 Å². The molecule has 1 atom stereocenters. The van der Waals surface area contributed by atoms with Gasteiger partial charge >= 0.3 is 0 Å². The molecule has 0 saturated carbocycles. The molecular formula is C25H30N4S. The highest BCUT2D eigenvalue weighted by molar-refractivity contribution is 7.13. The summed E-state index contributed by atoms with van der Waals surface area (Å²) in [6.45, 7) is 13.1. The number of piperazine rings is 1. The zero-order valence-corrected chi connectivity index (χ0v) is 18.9. The molecule has 3 aromatic rings. The van der Waals surface area contributed by atoms with Crippen LogP contribution in [0.15, 0.2) is 60.6 Å². The van der Waals surface area contributed by atoms with Gasteiger partial charge in [-0.05, 0) is 50.2 Å². The molecule has 0 amide bonds. The van der Waals surface area contributed by atoms with Gasteiger partial charge in [-0.25, -0.2) is 4.98 Å². The highest BCUT2D eigenvalue weighted by Gasteiger charge is 2.16. The van der Waals surface area contributed by atoms with Gasteiger partial charge in [0.05, 0.1) is 0 Å². The Hall–Kier alpha value is -2.63. The summed E-state index contributed by atoms with van der Waals surface area (Å²) >= 11 is 1.67. The van der Waals surface area contributed by atoms with Gasteiger partial charge in [-0.1, -0.05) is 30.8 Å². The maximum absolute atomic E-state index is 4.44. The van der Waals surface area contributed by atoms with Crippen molar-refractivity contribution in [2.75, 3.05) is 38.1 Å². The Balaban J connectivity index is 1.49. The van der Waals surface area contributed by atoms with Crippen molar-refractivity contribution in [3.05, 3.63) is 77.3 Å². The Kier molecular flexibility index (Phi) is 6.21. The lowest BCUT2D eigenvalue weighted by Crippen LogP contribution is -2.44. The average Bonchev–Trinajstić information content (AvgIpc) is 3.30. The molecule has 1 N–H and O–H groups in total. The van der Waals surface area contributed by atoms with E-state index >= 15 is 0 Å². The van der Waals surface area contributed by atoms with Gasteiger partial charge in [0.25, 0.3) is 0 Å². The van der Waals surface area contributed by atoms with Crippen molar-refractivity contribution in [1.29, 1.82) is 0 Å². The number of aryl methyl sites for hydroxylation is 1. The normalized spacial score (nSPS) is 15.8. The van der Waals surface area contributed by atoms with Crippen molar-refractivity contribution in [1.82, 2.24) is 15.2 Å². The van der Waals surface area contributed by atoms with E-state index in [1.165, 1.54) is 22.4 Å². The minimum atomic E-state index is 0.157. The van der Waals surface area contributed by atoms with Gasteiger partial charge in [0.1, 0.15) is 5.01 Å². The van der Waals surface area contributed by atoms with Crippen LogP contribution in [0, 0.1) is 6.92 Å². The molecule has 0 unspecified atom stereocenters. The molecule has 2 aromatic carbocycles. The first-order valence-electron chi connectivity index (χ1n) is 10.5. The third kappa shape index (κ3) is 4.58. The van der Waals surface area contributed by atoms with Crippen LogP contribution in [-0.4, -0.2) is 43.1 Å². The summed E-state index contributed by atoms with van der Waals surface area (Å²) in [5.74, 6) is 0. The standard InChI is InChI=1S/C25H30N4S/c1-18-8-9-23(29-13-11-28(4)12-14-29)17-24(18)20(3)27-19(2)21-6-5-7-22(16-21)25-26-10-15-30-25/h5-10,15-17,19,27H,3,11-14H2,1-2,4H3/t19-/m1/s1. The summed E-state index contributed by atoms with van der Waals surface area (Å²) in [4.78, 5) is 9.29. The van der Waals surface area contributed by atoms with Crippen molar-refractivity contribution in [2.24, 2.45) is 0 Å². The smallest absolute Gasteiger partial charge is 0.123 e. The Labute approximate surface area is 183 Å². The minimum absolute atomic E-state index is 0.157. The van der Waals surface area contributed by atoms with Gasteiger partial charge in [-0.2, -0.15) is 0 Å². The van der Waals surface area contributed by atoms with Crippen LogP contribution in [0.5, 0.6) is 0 Å². The van der Waals surface area contributed by atoms with E-state index in [-0.39, 0.29) is 6.04 Å². The monoisotopic (exact) mass is 418 g/mol. The van der Waals surface area contributed by atoms with Crippen molar-refractivity contribution in [2.45, 2.75) is 19.9 Å². The van der Waals surface area contributed by atoms with Crippen molar-refractivity contribution >= 4 is 22.7 Å². The number of aromatic nitrogens is 1. The predicted octanol–water partition coefficient (Wildman–Crippen LogP) is 5.19. The molecular weight excluding hydrogens is 388 g/mol. The first kappa shape index (κ1) is 20.6. The largest absolute Gasteiger partial charge is 0.379 e. The Morgan fingerprint density at radius 1 is 1.13 bits per heavy atom. The summed E-state index contributed by atoms with van der Waals surface area (Å²) in [5, 5.41) is 6.69. The lowest BCUT2D eigenvalue weighted by atomic mass is 10.0. The van der Waals surface area contributed by atoms with E-state index in [1.54, 1.807) is 11.3 Å². The summed E-state index contributed by atoms with van der Waals surface area (Å²) in [6.07, 6.45) is 1.85. The molecule has 4 nitrogen and oxygen atoms in total. The van der Waals surface area contributed by atoms with E-state index in [2.05, 4.69) is 90.0 Å². The fourth-order valence-corrected chi connectivity index (χ4v) is 4.56. The van der Waals surface area contributed by atoms with Crippen LogP contribution in [0.3, 0.4) is 0 Å². The maximum Gasteiger partial charge on any atom is 0.123 e. The molecule has 0 aliphatic carbocycles. The van der Waals surface area contributed by atoms with E-state index in [1.807, 2.05) is 11.6 Å². The highest BCUT2D eigenvalue weighted by atomic mass is 32.1. The Morgan fingerprint density at radius 3 is 2.67 bits per heavy atom. The lowest BCUT2D eigenvalue weighted by Gasteiger charge is -2.34. The van der Waals surface area contributed by atoms with E-state index in [4.69, 9.17) is 0 Å². The van der Waals surface area contributed by atoms with E-state index < -0.39 is 0 Å². The van der Waals surface area contributed by atoms with E-state index in [9.17, 15) is 0 Å². The van der Waals surface area contributed by atoms with E-state index in [0.29, 0.717) is 0 Å². The molecule has 5 heteroatoms. The minimum Gasteiger partial charge on any atom is -0.379 e. The molecule has 0 spiro atoms. The van der Waals surface area contributed by atoms with Crippen LogP contribution >= 0.6 is 11.3 Å². The number of nitrogens with zero attached hydrogens (tertiary/aromatic N) is 3. The molecule has 1 fully saturated rings. The van der Waals surface area contributed by atoms with Gasteiger partial charge < -0.3 is 15.1 Å². The zero-order valence-electron chi connectivity index (χ0n) is 18.1. The Morgan fingerprint density at radius 2 is 1.93 bits per heavy atom. The zero-order chi connectivity index (χ0) is 21.1. The van der Waals surface area contributed by atoms with Gasteiger partial charge in [0, 0.05) is 66.3 Å². The molecule has 0 radical (unpaired) electrons. The van der Waals surface area contributed by atoms with Crippen LogP contribution in [0.1, 0.15) is 29.7 Å². The predicted molar refractivity (Wildman–Crippen MR) is 129 cm³/mol. The molecule has 4 rings (SSSR count). The molecule has 1 aliphatic rings. The molecule has 1 saturated heterocycles. The summed E-state index contributed by atoms with van der Waals surface area (Å²) < 4.78 is 0. The molecule has 1 aromatic heterocycles. The second-order valence-corrected chi connectivity index (χ2v) is 8.99. The fraction of sp³-hybridized carbons (Fsp3) is 0.320. The first-order valence-corrected chi connectivity index (χ1v) is 11.4. The number of benzene rings is 2. The van der Waals surface area contributed by atoms with Gasteiger partial charge in [0.2, 0.25) is 0 Å². The molecule has 0 bridgehead atoms. The van der Waals surface area contributed by atoms with Crippen LogP contribution in [0.25, 0.3) is 16.3 Å². The number of hydrogen-bond acceptors (Lipinski definition) is 5. The summed E-state index contributed by atoms with van der Waals surface area (Å²) in [6, 6.07) is 15.5. The fourth-order valence-electron chi connectivity index (χ4n) is 3.93. The number of hydrogen-bond donors (Lipinski definition) is 1. The van der Waals surface area contributed by atoms with Crippen LogP contribution in [0.2, 0.25) is 0 Å². The number of thiazole rings is 1. The van der Waals surface area contributed by atoms with Crippen molar-refractivity contribution in [3.63, 3.8) is 0 Å². The van der Waals surface area contributed by atoms with Crippen LogP contribution < -0.4 is 10.2 Å². The second kappa shape index (κ2) is 9.02. The number of rotatable bonds is 6. The van der Waals surface area contributed by atoms with Gasteiger partial charge in [-0.15, -0.1) is 11.3 Å². The molecule has 30 heavy (non-hydrogen) atoms. The number of nitrogens with one attached hydrogen (secondary N) is 1. The Bertz CT molecular complexity index is 1000. The molecule has 1 aliphatic heterocycles. The third-order valence-electron chi connectivity index (χ3n) is 5.87. The van der Waals surface area contributed by atoms with Crippen molar-refractivity contribution in [3.8, 4) is 10.6 Å². The number of likely N-dealkylation sites (N-methyl/N-ethyl adjacent to an activating group) is 1. The lowest BCUT2D eigenvalue weighted by molar-refractivity contribution is 0.313. The second-order valence-electron chi connectivity index (χ2n) is 8.10. The molecule has 156 valence electrons. The van der Waals surface area contributed by atoms with Crippen LogP contribution in [-0.2, 0) is 0 Å². The third-order valence-corrected chi connectivity index (χ3v) is 6.69.